The number of likely N-dealkylation sites (tertiary alicyclic amines) is 1. The van der Waals surface area contributed by atoms with Crippen LogP contribution in [0.25, 0.3) is 0 Å². The van der Waals surface area contributed by atoms with Gasteiger partial charge in [0, 0.05) is 31.1 Å². The van der Waals surface area contributed by atoms with Gasteiger partial charge in [-0.25, -0.2) is 4.98 Å². The molecule has 0 radical (unpaired) electrons. The minimum atomic E-state index is 0.375. The minimum Gasteiger partial charge on any atom is -0.326 e. The van der Waals surface area contributed by atoms with Gasteiger partial charge in [-0.3, -0.25) is 4.90 Å². The van der Waals surface area contributed by atoms with Crippen molar-refractivity contribution >= 4 is 11.3 Å². The summed E-state index contributed by atoms with van der Waals surface area (Å²) in [7, 11) is 0. The monoisotopic (exact) mass is 197 g/mol. The van der Waals surface area contributed by atoms with Gasteiger partial charge in [-0.2, -0.15) is 0 Å². The number of thiazole rings is 1. The third-order valence-electron chi connectivity index (χ3n) is 2.36. The Bertz CT molecular complexity index is 284. The minimum absolute atomic E-state index is 0.375. The Balaban J connectivity index is 1.91. The number of nitrogens with two attached hydrogens (primary N) is 1. The second-order valence-electron chi connectivity index (χ2n) is 3.64. The van der Waals surface area contributed by atoms with Gasteiger partial charge in [-0.1, -0.05) is 0 Å². The second-order valence-corrected chi connectivity index (χ2v) is 4.70. The van der Waals surface area contributed by atoms with E-state index < -0.39 is 0 Å². The van der Waals surface area contributed by atoms with E-state index in [9.17, 15) is 0 Å². The van der Waals surface area contributed by atoms with Crippen molar-refractivity contribution in [3.63, 3.8) is 0 Å². The van der Waals surface area contributed by atoms with Crippen LogP contribution in [-0.4, -0.2) is 29.0 Å². The van der Waals surface area contributed by atoms with Crippen LogP contribution in [0.15, 0.2) is 5.38 Å². The summed E-state index contributed by atoms with van der Waals surface area (Å²) >= 11 is 1.72. The molecular formula is C9H15N3S. The number of aryl methyl sites for hydroxylation is 1. The first-order valence-corrected chi connectivity index (χ1v) is 5.51. The predicted molar refractivity (Wildman–Crippen MR) is 54.7 cm³/mol. The summed E-state index contributed by atoms with van der Waals surface area (Å²) in [4.78, 5) is 6.81. The van der Waals surface area contributed by atoms with Gasteiger partial charge < -0.3 is 5.73 Å². The Kier molecular flexibility index (Phi) is 2.62. The molecule has 1 saturated heterocycles. The zero-order valence-electron chi connectivity index (χ0n) is 7.86. The Hall–Kier alpha value is -0.450. The summed E-state index contributed by atoms with van der Waals surface area (Å²) in [6.07, 6.45) is 1.13. The highest BCUT2D eigenvalue weighted by Crippen LogP contribution is 2.14. The molecule has 1 fully saturated rings. The molecule has 2 heterocycles. The van der Waals surface area contributed by atoms with Gasteiger partial charge in [0.1, 0.15) is 0 Å². The van der Waals surface area contributed by atoms with Crippen molar-refractivity contribution < 1.29 is 0 Å². The molecule has 0 spiro atoms. The summed E-state index contributed by atoms with van der Waals surface area (Å²) in [5.74, 6) is 0. The zero-order valence-corrected chi connectivity index (χ0v) is 8.68. The van der Waals surface area contributed by atoms with Crippen molar-refractivity contribution in [3.05, 3.63) is 16.1 Å². The molecule has 0 amide bonds. The molecule has 1 aliphatic heterocycles. The largest absolute Gasteiger partial charge is 0.326 e. The molecule has 3 nitrogen and oxygen atoms in total. The Morgan fingerprint density at radius 3 is 3.15 bits per heavy atom. The van der Waals surface area contributed by atoms with Gasteiger partial charge in [0.25, 0.3) is 0 Å². The van der Waals surface area contributed by atoms with Crippen LogP contribution in [0, 0.1) is 6.92 Å². The standard InChI is InChI=1S/C9H15N3S/c1-7-11-9(6-13-7)5-12-3-2-8(10)4-12/h6,8H,2-5,10H2,1H3. The molecular weight excluding hydrogens is 182 g/mol. The molecule has 0 saturated carbocycles. The Labute approximate surface area is 82.6 Å². The normalized spacial score (nSPS) is 24.0. The molecule has 0 bridgehead atoms. The first-order valence-electron chi connectivity index (χ1n) is 4.63. The second kappa shape index (κ2) is 3.74. The van der Waals surface area contributed by atoms with Crippen LogP contribution in [0.2, 0.25) is 0 Å². The lowest BCUT2D eigenvalue weighted by Crippen LogP contribution is -2.26. The summed E-state index contributed by atoms with van der Waals surface area (Å²) < 4.78 is 0. The first kappa shape index (κ1) is 9.12. The molecule has 1 unspecified atom stereocenters. The molecule has 1 aromatic rings. The maximum Gasteiger partial charge on any atom is 0.0897 e. The average Bonchev–Trinajstić information content (AvgIpc) is 2.62. The van der Waals surface area contributed by atoms with E-state index >= 15 is 0 Å². The first-order chi connectivity index (χ1) is 6.24. The van der Waals surface area contributed by atoms with Crippen molar-refractivity contribution in [2.45, 2.75) is 25.9 Å². The van der Waals surface area contributed by atoms with Gasteiger partial charge >= 0.3 is 0 Å². The lowest BCUT2D eigenvalue weighted by Gasteiger charge is -2.12. The SMILES string of the molecule is Cc1nc(CN2CCC(N)C2)cs1. The Morgan fingerprint density at radius 2 is 2.62 bits per heavy atom. The van der Waals surface area contributed by atoms with Crippen LogP contribution in [0.1, 0.15) is 17.1 Å². The quantitative estimate of drug-likeness (QED) is 0.768. The van der Waals surface area contributed by atoms with Gasteiger partial charge in [0.2, 0.25) is 0 Å². The fourth-order valence-electron chi connectivity index (χ4n) is 1.72. The van der Waals surface area contributed by atoms with E-state index in [-0.39, 0.29) is 0 Å². The van der Waals surface area contributed by atoms with Crippen LogP contribution in [-0.2, 0) is 6.54 Å². The highest BCUT2D eigenvalue weighted by Gasteiger charge is 2.19. The topological polar surface area (TPSA) is 42.2 Å². The van der Waals surface area contributed by atoms with Gasteiger partial charge in [0.15, 0.2) is 0 Å². The molecule has 1 atom stereocenters. The molecule has 2 rings (SSSR count). The molecule has 4 heteroatoms. The predicted octanol–water partition coefficient (Wildman–Crippen LogP) is 0.985. The lowest BCUT2D eigenvalue weighted by molar-refractivity contribution is 0.323. The van der Waals surface area contributed by atoms with Crippen molar-refractivity contribution in [2.75, 3.05) is 13.1 Å². The highest BCUT2D eigenvalue weighted by molar-refractivity contribution is 7.09. The number of hydrogen-bond donors (Lipinski definition) is 1. The molecule has 1 aliphatic rings. The maximum absolute atomic E-state index is 5.82. The third-order valence-corrected chi connectivity index (χ3v) is 3.18. The molecule has 13 heavy (non-hydrogen) atoms. The number of nitrogens with zero attached hydrogens (tertiary/aromatic N) is 2. The van der Waals surface area contributed by atoms with Crippen molar-refractivity contribution in [1.29, 1.82) is 0 Å². The van der Waals surface area contributed by atoms with Gasteiger partial charge in [-0.05, 0) is 13.3 Å². The smallest absolute Gasteiger partial charge is 0.0897 e. The van der Waals surface area contributed by atoms with Crippen LogP contribution < -0.4 is 5.73 Å². The number of rotatable bonds is 2. The summed E-state index contributed by atoms with van der Waals surface area (Å²) in [6.45, 7) is 5.16. The summed E-state index contributed by atoms with van der Waals surface area (Å²) in [6, 6.07) is 0.375. The average molecular weight is 197 g/mol. The van der Waals surface area contributed by atoms with Crippen LogP contribution in [0.5, 0.6) is 0 Å². The van der Waals surface area contributed by atoms with E-state index in [0.717, 1.165) is 31.1 Å². The van der Waals surface area contributed by atoms with Crippen molar-refractivity contribution in [3.8, 4) is 0 Å². The fraction of sp³-hybridized carbons (Fsp3) is 0.667. The van der Waals surface area contributed by atoms with E-state index in [4.69, 9.17) is 5.73 Å². The number of hydrogen-bond acceptors (Lipinski definition) is 4. The van der Waals surface area contributed by atoms with Crippen molar-refractivity contribution in [2.24, 2.45) is 5.73 Å². The van der Waals surface area contributed by atoms with Crippen LogP contribution in [0.3, 0.4) is 0 Å². The lowest BCUT2D eigenvalue weighted by atomic mass is 10.3. The molecule has 72 valence electrons. The summed E-state index contributed by atoms with van der Waals surface area (Å²) in [5, 5.41) is 3.29. The number of aromatic nitrogens is 1. The molecule has 1 aromatic heterocycles. The highest BCUT2D eigenvalue weighted by atomic mass is 32.1. The van der Waals surface area contributed by atoms with Crippen LogP contribution >= 0.6 is 11.3 Å². The summed E-state index contributed by atoms with van der Waals surface area (Å²) in [5.41, 5.74) is 7.02. The van der Waals surface area contributed by atoms with E-state index in [1.54, 1.807) is 11.3 Å². The third kappa shape index (κ3) is 2.27. The van der Waals surface area contributed by atoms with Crippen molar-refractivity contribution in [1.82, 2.24) is 9.88 Å². The molecule has 2 N–H and O–H groups in total. The van der Waals surface area contributed by atoms with E-state index in [2.05, 4.69) is 15.3 Å². The van der Waals surface area contributed by atoms with E-state index in [1.165, 1.54) is 5.69 Å². The van der Waals surface area contributed by atoms with E-state index in [1.807, 2.05) is 6.92 Å². The van der Waals surface area contributed by atoms with Crippen LogP contribution in [0.4, 0.5) is 0 Å². The zero-order chi connectivity index (χ0) is 9.26. The fourth-order valence-corrected chi connectivity index (χ4v) is 2.32. The Morgan fingerprint density at radius 1 is 1.77 bits per heavy atom. The maximum atomic E-state index is 5.82. The molecule has 0 aliphatic carbocycles. The van der Waals surface area contributed by atoms with E-state index in [0.29, 0.717) is 6.04 Å². The molecule has 0 aromatic carbocycles. The van der Waals surface area contributed by atoms with Gasteiger partial charge in [0.05, 0.1) is 10.7 Å². The van der Waals surface area contributed by atoms with Gasteiger partial charge in [-0.15, -0.1) is 11.3 Å².